The number of rotatable bonds is 4. The second kappa shape index (κ2) is 6.70. The quantitative estimate of drug-likeness (QED) is 0.837. The third-order valence-electron chi connectivity index (χ3n) is 3.76. The fourth-order valence-corrected chi connectivity index (χ4v) is 2.59. The minimum Gasteiger partial charge on any atom is -0.307 e. The predicted molar refractivity (Wildman–Crippen MR) is 76.2 cm³/mol. The van der Waals surface area contributed by atoms with Crippen molar-refractivity contribution in [2.45, 2.75) is 31.8 Å². The summed E-state index contributed by atoms with van der Waals surface area (Å²) in [5.74, 6) is 2.51. The number of hydrogen-bond donors (Lipinski definition) is 1. The van der Waals surface area contributed by atoms with Crippen molar-refractivity contribution in [2.75, 3.05) is 19.6 Å². The van der Waals surface area contributed by atoms with Gasteiger partial charge in [0.25, 0.3) is 0 Å². The van der Waals surface area contributed by atoms with Crippen molar-refractivity contribution in [3.63, 3.8) is 0 Å². The van der Waals surface area contributed by atoms with Gasteiger partial charge < -0.3 is 5.32 Å². The molecule has 0 amide bonds. The van der Waals surface area contributed by atoms with Gasteiger partial charge in [0.1, 0.15) is 5.82 Å². The molecule has 0 spiro atoms. The molecule has 1 aliphatic rings. The van der Waals surface area contributed by atoms with E-state index in [1.165, 1.54) is 12.1 Å². The molecule has 19 heavy (non-hydrogen) atoms. The minimum atomic E-state index is -0.182. The number of piperidine rings is 1. The second-order valence-electron chi connectivity index (χ2n) is 5.19. The van der Waals surface area contributed by atoms with E-state index in [-0.39, 0.29) is 11.9 Å². The Balaban J connectivity index is 1.82. The Morgan fingerprint density at radius 2 is 2.00 bits per heavy atom. The van der Waals surface area contributed by atoms with Crippen LogP contribution in [0.1, 0.15) is 31.4 Å². The molecule has 1 atom stereocenters. The summed E-state index contributed by atoms with van der Waals surface area (Å²) in [5.41, 5.74) is 1.13. The van der Waals surface area contributed by atoms with Crippen molar-refractivity contribution in [3.8, 4) is 12.3 Å². The molecule has 1 fully saturated rings. The number of halogens is 1. The Hall–Kier alpha value is -1.37. The molecule has 1 aromatic carbocycles. The lowest BCUT2D eigenvalue weighted by atomic mass is 10.0. The lowest BCUT2D eigenvalue weighted by Crippen LogP contribution is -2.43. The molecule has 1 saturated heterocycles. The Kier molecular flexibility index (Phi) is 4.95. The summed E-state index contributed by atoms with van der Waals surface area (Å²) in [6.45, 7) is 4.98. The minimum absolute atomic E-state index is 0.182. The first-order chi connectivity index (χ1) is 9.19. The zero-order valence-electron chi connectivity index (χ0n) is 11.4. The third-order valence-corrected chi connectivity index (χ3v) is 3.76. The van der Waals surface area contributed by atoms with E-state index in [0.717, 1.165) is 38.0 Å². The molecule has 1 aliphatic heterocycles. The first-order valence-corrected chi connectivity index (χ1v) is 6.86. The van der Waals surface area contributed by atoms with E-state index < -0.39 is 0 Å². The average molecular weight is 260 g/mol. The van der Waals surface area contributed by atoms with Crippen molar-refractivity contribution in [3.05, 3.63) is 35.6 Å². The molecule has 0 radical (unpaired) electrons. The van der Waals surface area contributed by atoms with Crippen LogP contribution in [0, 0.1) is 18.2 Å². The van der Waals surface area contributed by atoms with Gasteiger partial charge in [-0.1, -0.05) is 18.1 Å². The van der Waals surface area contributed by atoms with Crippen LogP contribution in [-0.2, 0) is 0 Å². The van der Waals surface area contributed by atoms with E-state index in [1.54, 1.807) is 0 Å². The molecule has 1 aromatic rings. The van der Waals surface area contributed by atoms with Crippen LogP contribution in [0.5, 0.6) is 0 Å². The molecule has 0 unspecified atom stereocenters. The molecule has 0 bridgehead atoms. The van der Waals surface area contributed by atoms with E-state index in [1.807, 2.05) is 12.1 Å². The zero-order chi connectivity index (χ0) is 13.7. The molecule has 1 heterocycles. The predicted octanol–water partition coefficient (Wildman–Crippen LogP) is 2.57. The normalized spacial score (nSPS) is 19.0. The van der Waals surface area contributed by atoms with Crippen molar-refractivity contribution in [2.24, 2.45) is 0 Å². The maximum absolute atomic E-state index is 12.9. The number of nitrogens with one attached hydrogen (secondary N) is 1. The van der Waals surface area contributed by atoms with Crippen LogP contribution in [0.25, 0.3) is 0 Å². The Bertz CT molecular complexity index is 427. The average Bonchev–Trinajstić information content (AvgIpc) is 2.42. The van der Waals surface area contributed by atoms with Crippen LogP contribution < -0.4 is 5.32 Å². The smallest absolute Gasteiger partial charge is 0.123 e. The number of terminal acetylenes is 1. The Labute approximate surface area is 115 Å². The summed E-state index contributed by atoms with van der Waals surface area (Å²) < 4.78 is 12.9. The number of likely N-dealkylation sites (tertiary alicyclic amines) is 1. The topological polar surface area (TPSA) is 15.3 Å². The highest BCUT2D eigenvalue weighted by Crippen LogP contribution is 2.17. The summed E-state index contributed by atoms with van der Waals surface area (Å²) in [5, 5.41) is 3.62. The van der Waals surface area contributed by atoms with Crippen LogP contribution in [0.15, 0.2) is 24.3 Å². The van der Waals surface area contributed by atoms with Crippen LogP contribution in [0.3, 0.4) is 0 Å². The summed E-state index contributed by atoms with van der Waals surface area (Å²) in [6, 6.07) is 7.51. The summed E-state index contributed by atoms with van der Waals surface area (Å²) in [6.07, 6.45) is 7.56. The SMILES string of the molecule is C#CCN1CCC(N[C@H](C)c2ccc(F)cc2)CC1. The van der Waals surface area contributed by atoms with Gasteiger partial charge in [-0.2, -0.15) is 0 Å². The fraction of sp³-hybridized carbons (Fsp3) is 0.500. The van der Waals surface area contributed by atoms with Crippen LogP contribution >= 0.6 is 0 Å². The van der Waals surface area contributed by atoms with Crippen LogP contribution in [-0.4, -0.2) is 30.6 Å². The first-order valence-electron chi connectivity index (χ1n) is 6.86. The summed E-state index contributed by atoms with van der Waals surface area (Å²) in [4.78, 5) is 2.31. The molecular formula is C16H21FN2. The van der Waals surface area contributed by atoms with E-state index >= 15 is 0 Å². The van der Waals surface area contributed by atoms with Gasteiger partial charge in [0.15, 0.2) is 0 Å². The number of benzene rings is 1. The zero-order valence-corrected chi connectivity index (χ0v) is 11.4. The lowest BCUT2D eigenvalue weighted by Gasteiger charge is -2.33. The maximum Gasteiger partial charge on any atom is 0.123 e. The van der Waals surface area contributed by atoms with E-state index in [2.05, 4.69) is 23.1 Å². The van der Waals surface area contributed by atoms with Gasteiger partial charge in [0, 0.05) is 25.2 Å². The van der Waals surface area contributed by atoms with Crippen molar-refractivity contribution in [1.82, 2.24) is 10.2 Å². The van der Waals surface area contributed by atoms with Crippen LogP contribution in [0.4, 0.5) is 4.39 Å². The maximum atomic E-state index is 12.9. The third kappa shape index (κ3) is 4.05. The molecule has 0 aliphatic carbocycles. The van der Waals surface area contributed by atoms with Gasteiger partial charge in [-0.3, -0.25) is 4.90 Å². The van der Waals surface area contributed by atoms with Gasteiger partial charge in [0.2, 0.25) is 0 Å². The molecule has 102 valence electrons. The Morgan fingerprint density at radius 1 is 1.37 bits per heavy atom. The molecule has 2 rings (SSSR count). The molecule has 1 N–H and O–H groups in total. The monoisotopic (exact) mass is 260 g/mol. The summed E-state index contributed by atoms with van der Waals surface area (Å²) in [7, 11) is 0. The van der Waals surface area contributed by atoms with Crippen molar-refractivity contribution < 1.29 is 4.39 Å². The van der Waals surface area contributed by atoms with Gasteiger partial charge in [0.05, 0.1) is 6.54 Å². The molecule has 0 aromatic heterocycles. The van der Waals surface area contributed by atoms with Gasteiger partial charge >= 0.3 is 0 Å². The highest BCUT2D eigenvalue weighted by Gasteiger charge is 2.20. The van der Waals surface area contributed by atoms with Gasteiger partial charge in [-0.05, 0) is 37.5 Å². The van der Waals surface area contributed by atoms with E-state index in [0.29, 0.717) is 6.04 Å². The van der Waals surface area contributed by atoms with E-state index in [4.69, 9.17) is 6.42 Å². The largest absolute Gasteiger partial charge is 0.307 e. The molecular weight excluding hydrogens is 239 g/mol. The highest BCUT2D eigenvalue weighted by atomic mass is 19.1. The fourth-order valence-electron chi connectivity index (χ4n) is 2.59. The van der Waals surface area contributed by atoms with Crippen molar-refractivity contribution >= 4 is 0 Å². The van der Waals surface area contributed by atoms with Gasteiger partial charge in [-0.25, -0.2) is 4.39 Å². The second-order valence-corrected chi connectivity index (χ2v) is 5.19. The van der Waals surface area contributed by atoms with E-state index in [9.17, 15) is 4.39 Å². The first kappa shape index (κ1) is 14.0. The molecule has 2 nitrogen and oxygen atoms in total. The standard InChI is InChI=1S/C16H21FN2/c1-3-10-19-11-8-16(9-12-19)18-13(2)14-4-6-15(17)7-5-14/h1,4-7,13,16,18H,8-12H2,2H3/t13-/m1/s1. The number of hydrogen-bond acceptors (Lipinski definition) is 2. The van der Waals surface area contributed by atoms with Crippen molar-refractivity contribution in [1.29, 1.82) is 0 Å². The Morgan fingerprint density at radius 3 is 2.58 bits per heavy atom. The highest BCUT2D eigenvalue weighted by molar-refractivity contribution is 5.19. The molecule has 0 saturated carbocycles. The van der Waals surface area contributed by atoms with Crippen LogP contribution in [0.2, 0.25) is 0 Å². The lowest BCUT2D eigenvalue weighted by molar-refractivity contribution is 0.211. The molecule has 3 heteroatoms. The van der Waals surface area contributed by atoms with Gasteiger partial charge in [-0.15, -0.1) is 6.42 Å². The summed E-state index contributed by atoms with van der Waals surface area (Å²) >= 11 is 0. The number of nitrogens with zero attached hydrogens (tertiary/aromatic N) is 1.